The third kappa shape index (κ3) is 2.66. The molecule has 0 N–H and O–H groups in total. The second-order valence-electron chi connectivity index (χ2n) is 6.04. The number of rotatable bonds is 4. The third-order valence-corrected chi connectivity index (χ3v) is 4.62. The molecule has 0 radical (unpaired) electrons. The second-order valence-corrected chi connectivity index (χ2v) is 6.04. The van der Waals surface area contributed by atoms with Crippen molar-refractivity contribution in [2.75, 3.05) is 13.9 Å². The molecular weight excluding hydrogens is 306 g/mol. The van der Waals surface area contributed by atoms with Gasteiger partial charge in [-0.3, -0.25) is 4.79 Å². The maximum absolute atomic E-state index is 12.4. The Labute approximate surface area is 140 Å². The first-order chi connectivity index (χ1) is 11.7. The van der Waals surface area contributed by atoms with E-state index in [0.29, 0.717) is 13.0 Å². The van der Waals surface area contributed by atoms with Gasteiger partial charge in [0.2, 0.25) is 12.7 Å². The van der Waals surface area contributed by atoms with Crippen LogP contribution in [0.25, 0.3) is 0 Å². The van der Waals surface area contributed by atoms with Crippen molar-refractivity contribution in [3.63, 3.8) is 0 Å². The number of carbonyl (C=O) groups excluding carboxylic acids is 1. The van der Waals surface area contributed by atoms with Crippen molar-refractivity contribution in [1.29, 1.82) is 0 Å². The molecule has 1 fully saturated rings. The van der Waals surface area contributed by atoms with E-state index in [0.717, 1.165) is 34.8 Å². The zero-order chi connectivity index (χ0) is 16.5. The number of hydrogen-bond acceptors (Lipinski definition) is 4. The molecule has 2 aliphatic rings. The lowest BCUT2D eigenvalue weighted by Crippen LogP contribution is -2.27. The zero-order valence-corrected chi connectivity index (χ0v) is 13.5. The van der Waals surface area contributed by atoms with Crippen molar-refractivity contribution < 1.29 is 19.0 Å². The van der Waals surface area contributed by atoms with Gasteiger partial charge < -0.3 is 19.1 Å². The van der Waals surface area contributed by atoms with Gasteiger partial charge >= 0.3 is 0 Å². The molecule has 1 amide bonds. The van der Waals surface area contributed by atoms with E-state index in [1.807, 2.05) is 47.4 Å². The molecule has 0 bridgehead atoms. The van der Waals surface area contributed by atoms with Gasteiger partial charge in [-0.25, -0.2) is 0 Å². The summed E-state index contributed by atoms with van der Waals surface area (Å²) in [6.07, 6.45) is 1.43. The summed E-state index contributed by atoms with van der Waals surface area (Å²) in [6.45, 7) is 0.835. The van der Waals surface area contributed by atoms with Gasteiger partial charge in [-0.2, -0.15) is 0 Å². The normalized spacial score (nSPS) is 19.0. The van der Waals surface area contributed by atoms with Gasteiger partial charge in [0, 0.05) is 13.0 Å². The highest BCUT2D eigenvalue weighted by atomic mass is 16.7. The molecule has 2 aliphatic heterocycles. The molecule has 5 nitrogen and oxygen atoms in total. The lowest BCUT2D eigenvalue weighted by Gasteiger charge is -2.25. The van der Waals surface area contributed by atoms with Crippen molar-refractivity contribution in [2.45, 2.75) is 25.4 Å². The Morgan fingerprint density at radius 3 is 2.71 bits per heavy atom. The predicted octanol–water partition coefficient (Wildman–Crippen LogP) is 3.29. The SMILES string of the molecule is COc1ccc(C2CCC(=O)N2Cc2ccc3c(c2)OCO3)cc1. The minimum Gasteiger partial charge on any atom is -0.497 e. The van der Waals surface area contributed by atoms with E-state index < -0.39 is 0 Å². The average Bonchev–Trinajstić information content (AvgIpc) is 3.22. The quantitative estimate of drug-likeness (QED) is 0.865. The molecule has 0 saturated carbocycles. The highest BCUT2D eigenvalue weighted by Crippen LogP contribution is 2.37. The van der Waals surface area contributed by atoms with Crippen LogP contribution in [0.5, 0.6) is 17.2 Å². The molecule has 1 saturated heterocycles. The predicted molar refractivity (Wildman–Crippen MR) is 88.1 cm³/mol. The van der Waals surface area contributed by atoms with Crippen LogP contribution in [0.4, 0.5) is 0 Å². The molecule has 4 rings (SSSR count). The molecule has 0 spiro atoms. The lowest BCUT2D eigenvalue weighted by atomic mass is 10.0. The molecule has 2 aromatic carbocycles. The monoisotopic (exact) mass is 325 g/mol. The van der Waals surface area contributed by atoms with Gasteiger partial charge in [0.25, 0.3) is 0 Å². The first kappa shape index (κ1) is 14.9. The molecule has 2 heterocycles. The largest absolute Gasteiger partial charge is 0.497 e. The fourth-order valence-corrected chi connectivity index (χ4v) is 3.34. The Kier molecular flexibility index (Phi) is 3.76. The summed E-state index contributed by atoms with van der Waals surface area (Å²) in [5, 5.41) is 0. The third-order valence-electron chi connectivity index (χ3n) is 4.62. The first-order valence-electron chi connectivity index (χ1n) is 8.06. The topological polar surface area (TPSA) is 48.0 Å². The second kappa shape index (κ2) is 6.07. The lowest BCUT2D eigenvalue weighted by molar-refractivity contribution is -0.129. The summed E-state index contributed by atoms with van der Waals surface area (Å²) < 4.78 is 16.0. The molecular formula is C19H19NO4. The van der Waals surface area contributed by atoms with Gasteiger partial charge in [-0.15, -0.1) is 0 Å². The van der Waals surface area contributed by atoms with Crippen LogP contribution < -0.4 is 14.2 Å². The summed E-state index contributed by atoms with van der Waals surface area (Å²) in [7, 11) is 1.65. The van der Waals surface area contributed by atoms with Crippen LogP contribution >= 0.6 is 0 Å². The maximum Gasteiger partial charge on any atom is 0.231 e. The number of fused-ring (bicyclic) bond motifs is 1. The van der Waals surface area contributed by atoms with E-state index in [9.17, 15) is 4.79 Å². The molecule has 24 heavy (non-hydrogen) atoms. The average molecular weight is 325 g/mol. The van der Waals surface area contributed by atoms with Gasteiger partial charge in [0.15, 0.2) is 11.5 Å². The Hall–Kier alpha value is -2.69. The molecule has 5 heteroatoms. The molecule has 0 aromatic heterocycles. The number of carbonyl (C=O) groups is 1. The van der Waals surface area contributed by atoms with Crippen LogP contribution in [0, 0.1) is 0 Å². The standard InChI is InChI=1S/C19H19NO4/c1-22-15-5-3-14(4-6-15)16-7-9-19(21)20(16)11-13-2-8-17-18(10-13)24-12-23-17/h2-6,8,10,16H,7,9,11-12H2,1H3. The Bertz CT molecular complexity index is 756. The van der Waals surface area contributed by atoms with Crippen LogP contribution in [0.15, 0.2) is 42.5 Å². The number of methoxy groups -OCH3 is 1. The van der Waals surface area contributed by atoms with E-state index in [2.05, 4.69) is 0 Å². The van der Waals surface area contributed by atoms with E-state index in [1.54, 1.807) is 7.11 Å². The fraction of sp³-hybridized carbons (Fsp3) is 0.316. The van der Waals surface area contributed by atoms with Crippen LogP contribution in [0.2, 0.25) is 0 Å². The Morgan fingerprint density at radius 1 is 1.12 bits per heavy atom. The molecule has 0 aliphatic carbocycles. The fourth-order valence-electron chi connectivity index (χ4n) is 3.34. The highest BCUT2D eigenvalue weighted by Gasteiger charge is 2.32. The highest BCUT2D eigenvalue weighted by molar-refractivity contribution is 5.79. The van der Waals surface area contributed by atoms with Crippen molar-refractivity contribution in [3.05, 3.63) is 53.6 Å². The van der Waals surface area contributed by atoms with Crippen LogP contribution in [0.3, 0.4) is 0 Å². The summed E-state index contributed by atoms with van der Waals surface area (Å²) in [4.78, 5) is 14.3. The summed E-state index contributed by atoms with van der Waals surface area (Å²) in [5.41, 5.74) is 2.19. The number of ether oxygens (including phenoxy) is 3. The van der Waals surface area contributed by atoms with Gasteiger partial charge in [0.1, 0.15) is 5.75 Å². The van der Waals surface area contributed by atoms with Gasteiger partial charge in [-0.1, -0.05) is 18.2 Å². The van der Waals surface area contributed by atoms with Crippen molar-refractivity contribution in [2.24, 2.45) is 0 Å². The number of hydrogen-bond donors (Lipinski definition) is 0. The molecule has 124 valence electrons. The number of nitrogens with zero attached hydrogens (tertiary/aromatic N) is 1. The maximum atomic E-state index is 12.4. The van der Waals surface area contributed by atoms with Crippen LogP contribution in [-0.2, 0) is 11.3 Å². The minimum atomic E-state index is 0.105. The number of amides is 1. The summed E-state index contributed by atoms with van der Waals surface area (Å²) in [6, 6.07) is 13.9. The summed E-state index contributed by atoms with van der Waals surface area (Å²) >= 11 is 0. The van der Waals surface area contributed by atoms with E-state index >= 15 is 0 Å². The first-order valence-corrected chi connectivity index (χ1v) is 8.06. The van der Waals surface area contributed by atoms with Crippen molar-refractivity contribution in [1.82, 2.24) is 4.90 Å². The Morgan fingerprint density at radius 2 is 1.92 bits per heavy atom. The van der Waals surface area contributed by atoms with E-state index in [-0.39, 0.29) is 18.7 Å². The van der Waals surface area contributed by atoms with Crippen LogP contribution in [0.1, 0.15) is 30.0 Å². The molecule has 2 aromatic rings. The van der Waals surface area contributed by atoms with Gasteiger partial charge in [0.05, 0.1) is 13.2 Å². The van der Waals surface area contributed by atoms with Crippen LogP contribution in [-0.4, -0.2) is 24.7 Å². The van der Waals surface area contributed by atoms with E-state index in [4.69, 9.17) is 14.2 Å². The summed E-state index contributed by atoms with van der Waals surface area (Å²) in [5.74, 6) is 2.53. The van der Waals surface area contributed by atoms with Gasteiger partial charge in [-0.05, 0) is 41.8 Å². The van der Waals surface area contributed by atoms with Crippen molar-refractivity contribution >= 4 is 5.91 Å². The van der Waals surface area contributed by atoms with Crippen molar-refractivity contribution in [3.8, 4) is 17.2 Å². The smallest absolute Gasteiger partial charge is 0.231 e. The number of likely N-dealkylation sites (tertiary alicyclic amines) is 1. The Balaban J connectivity index is 1.56. The van der Waals surface area contributed by atoms with E-state index in [1.165, 1.54) is 0 Å². The zero-order valence-electron chi connectivity index (χ0n) is 13.5. The molecule has 1 atom stereocenters. The molecule has 1 unspecified atom stereocenters. The number of benzene rings is 2. The minimum absolute atomic E-state index is 0.105.